The second kappa shape index (κ2) is 65.9. The minimum atomic E-state index is -1.67. The van der Waals surface area contributed by atoms with Crippen molar-refractivity contribution in [1.82, 2.24) is 0 Å². The summed E-state index contributed by atoms with van der Waals surface area (Å²) in [4.78, 5) is 0. The standard InChI is InChI=1S/C98H192O16/c1-71-29-17-33-75(5)41-25-49-83(13)57-61-107-67-87(65-99)109-63-59-85(15)51-27-43-77(7)35-19-31-73(3)39-23-47-81(11)55-53-80(10)46-22-38-72(2)30-18-34-76(6)42-26-50-84(14)58-62-108-68-88(69-111-97-96(106)94(104)92(102)90(114-97)70-112-98-95(105)93(103)91(101)89(66-100)113-98)110-64-60-86(16)52-28-44-78(8)36-20-32-74(4)40-24-48-82(12)56-54-79(9)45-21-37-71/h71-106H,17-70H2,1-16H3/t71-,72-,73-,74-,75+,76+,77+,78+,79-,80-,81-,82-,83+,84+,85+,86+,87+,88-,89?,90?,91+,92+,93?,94?,95-,96-,97+,98+/m0/s1. The molecule has 3 rings (SSSR count). The van der Waals surface area contributed by atoms with Crippen molar-refractivity contribution in [2.75, 3.05) is 66.1 Å². The zero-order valence-electron chi connectivity index (χ0n) is 77.2. The van der Waals surface area contributed by atoms with Crippen LogP contribution in [0.1, 0.15) is 393 Å². The molecule has 3 saturated heterocycles. The van der Waals surface area contributed by atoms with Crippen molar-refractivity contribution in [3.8, 4) is 0 Å². The molecule has 0 bridgehead atoms. The van der Waals surface area contributed by atoms with E-state index in [1.807, 2.05) is 0 Å². The van der Waals surface area contributed by atoms with Crippen LogP contribution < -0.4 is 0 Å². The predicted octanol–water partition coefficient (Wildman–Crippen LogP) is 21.8. The van der Waals surface area contributed by atoms with Crippen LogP contribution in [0.25, 0.3) is 0 Å². The van der Waals surface area contributed by atoms with Crippen molar-refractivity contribution in [1.29, 1.82) is 0 Å². The Labute approximate surface area is 702 Å². The van der Waals surface area contributed by atoms with Gasteiger partial charge in [0.15, 0.2) is 12.6 Å². The van der Waals surface area contributed by atoms with E-state index in [1.54, 1.807) is 0 Å². The number of aliphatic hydroxyl groups excluding tert-OH is 8. The van der Waals surface area contributed by atoms with Crippen LogP contribution in [0, 0.1) is 94.7 Å². The summed E-state index contributed by atoms with van der Waals surface area (Å²) in [6.07, 6.45) is 41.1. The molecule has 680 valence electrons. The molecule has 0 saturated carbocycles. The highest BCUT2D eigenvalue weighted by Gasteiger charge is 2.48. The van der Waals surface area contributed by atoms with E-state index in [1.165, 1.54) is 244 Å². The van der Waals surface area contributed by atoms with Crippen molar-refractivity contribution in [3.05, 3.63) is 0 Å². The first-order valence-electron chi connectivity index (χ1n) is 48.8. The summed E-state index contributed by atoms with van der Waals surface area (Å²) in [5.74, 6) is 11.8. The maximum atomic E-state index is 11.1. The van der Waals surface area contributed by atoms with Crippen LogP contribution in [0.15, 0.2) is 0 Å². The molecule has 0 radical (unpaired) electrons. The third kappa shape index (κ3) is 52.1. The van der Waals surface area contributed by atoms with Crippen LogP contribution >= 0.6 is 0 Å². The van der Waals surface area contributed by atoms with E-state index in [0.717, 1.165) is 110 Å². The quantitative estimate of drug-likeness (QED) is 0.113. The van der Waals surface area contributed by atoms with E-state index >= 15 is 0 Å². The average Bonchev–Trinajstić information content (AvgIpc) is 0.807. The topological polar surface area (TPSA) is 236 Å². The van der Waals surface area contributed by atoms with Gasteiger partial charge in [-0.25, -0.2) is 0 Å². The SMILES string of the molecule is C[C@@H]1CCC[C@H](C)CCC[C@H](C)CC[C@@H](C)CCC[C@@H](C)CCC[C@@H](C)CCC[C@@H](C)CCO[C@H](CO[C@@H]2OC(CO[C@@H]3OC(CO)[C@@H](O)C(O)[C@@H]3O)[C@@H](O)C(O)[C@@H]2O)COCC[C@H](C)CCC[C@H](C)CCC[C@H](C)CCC[C@H](C)CC[C@@H](C)CCC[C@@H](C)CCC[C@@H](C)CCC[C@@H](C)CCO[C@H](CO)COCC[C@H](C)CCC1. The fraction of sp³-hybridized carbons (Fsp3) is 1.00. The van der Waals surface area contributed by atoms with Crippen molar-refractivity contribution in [2.45, 2.75) is 467 Å². The summed E-state index contributed by atoms with van der Waals surface area (Å²) in [5.41, 5.74) is 0. The van der Waals surface area contributed by atoms with Gasteiger partial charge in [0.25, 0.3) is 0 Å². The molecule has 0 aliphatic carbocycles. The van der Waals surface area contributed by atoms with Gasteiger partial charge < -0.3 is 78.7 Å². The molecule has 16 heteroatoms. The fourth-order valence-corrected chi connectivity index (χ4v) is 18.2. The molecule has 3 heterocycles. The third-order valence-corrected chi connectivity index (χ3v) is 27.7. The summed E-state index contributed by atoms with van der Waals surface area (Å²) in [7, 11) is 0. The minimum absolute atomic E-state index is 0.00921. The molecule has 0 aromatic carbocycles. The van der Waals surface area contributed by atoms with Gasteiger partial charge in [-0.1, -0.05) is 368 Å². The number of hydrogen-bond donors (Lipinski definition) is 8. The predicted molar refractivity (Wildman–Crippen MR) is 470 cm³/mol. The van der Waals surface area contributed by atoms with E-state index in [9.17, 15) is 40.9 Å². The summed E-state index contributed by atoms with van der Waals surface area (Å²) < 4.78 is 48.3. The molecule has 4 unspecified atom stereocenters. The van der Waals surface area contributed by atoms with Crippen molar-refractivity contribution in [3.63, 3.8) is 0 Å². The zero-order chi connectivity index (χ0) is 84.0. The molecule has 28 atom stereocenters. The molecule has 0 aromatic rings. The molecule has 3 aliphatic heterocycles. The highest BCUT2D eigenvalue weighted by molar-refractivity contribution is 4.92. The Hall–Kier alpha value is -0.640. The van der Waals surface area contributed by atoms with Gasteiger partial charge in [0.2, 0.25) is 0 Å². The lowest BCUT2D eigenvalue weighted by Gasteiger charge is -2.42. The molecule has 0 amide bonds. The van der Waals surface area contributed by atoms with Crippen molar-refractivity contribution >= 4 is 0 Å². The normalized spacial score (nSPS) is 39.6. The first kappa shape index (κ1) is 108. The Morgan fingerprint density at radius 1 is 0.219 bits per heavy atom. The highest BCUT2D eigenvalue weighted by Crippen LogP contribution is 2.33. The fourth-order valence-electron chi connectivity index (χ4n) is 18.2. The lowest BCUT2D eigenvalue weighted by atomic mass is 9.88. The van der Waals surface area contributed by atoms with Gasteiger partial charge in [-0.05, 0) is 120 Å². The molecule has 0 spiro atoms. The molecule has 0 aromatic heterocycles. The average molecular weight is 1630 g/mol. The summed E-state index contributed by atoms with van der Waals surface area (Å²) in [6.45, 7) is 41.3. The number of ether oxygens (including phenoxy) is 8. The van der Waals surface area contributed by atoms with Gasteiger partial charge in [0, 0.05) is 26.4 Å². The number of rotatable bonds is 8. The van der Waals surface area contributed by atoms with Gasteiger partial charge in [-0.2, -0.15) is 0 Å². The minimum Gasteiger partial charge on any atom is -0.394 e. The lowest BCUT2D eigenvalue weighted by Crippen LogP contribution is -2.61. The summed E-state index contributed by atoms with van der Waals surface area (Å²) in [6, 6.07) is 0. The second-order valence-electron chi connectivity index (χ2n) is 40.4. The zero-order valence-corrected chi connectivity index (χ0v) is 77.2. The molecule has 114 heavy (non-hydrogen) atoms. The number of hydrogen-bond acceptors (Lipinski definition) is 16. The van der Waals surface area contributed by atoms with Crippen molar-refractivity contribution in [2.24, 2.45) is 94.7 Å². The van der Waals surface area contributed by atoms with E-state index in [-0.39, 0.29) is 25.9 Å². The number of aliphatic hydroxyl groups is 8. The van der Waals surface area contributed by atoms with E-state index in [4.69, 9.17) is 37.9 Å². The molecule has 16 nitrogen and oxygen atoms in total. The van der Waals surface area contributed by atoms with Crippen LogP contribution in [0.3, 0.4) is 0 Å². The first-order chi connectivity index (χ1) is 54.6. The van der Waals surface area contributed by atoms with E-state index in [0.29, 0.717) is 56.0 Å². The van der Waals surface area contributed by atoms with Gasteiger partial charge in [0.1, 0.15) is 61.0 Å². The lowest BCUT2D eigenvalue weighted by molar-refractivity contribution is -0.333. The second-order valence-corrected chi connectivity index (χ2v) is 40.4. The van der Waals surface area contributed by atoms with Crippen LogP contribution in [0.4, 0.5) is 0 Å². The van der Waals surface area contributed by atoms with Crippen LogP contribution in [0.2, 0.25) is 0 Å². The first-order valence-corrected chi connectivity index (χ1v) is 48.8. The molecular formula is C98H192O16. The van der Waals surface area contributed by atoms with E-state index < -0.39 is 80.7 Å². The largest absolute Gasteiger partial charge is 0.394 e. The van der Waals surface area contributed by atoms with Crippen LogP contribution in [-0.4, -0.2) is 181 Å². The molecule has 3 fully saturated rings. The smallest absolute Gasteiger partial charge is 0.186 e. The van der Waals surface area contributed by atoms with Crippen LogP contribution in [0.5, 0.6) is 0 Å². The summed E-state index contributed by atoms with van der Waals surface area (Å²) >= 11 is 0. The van der Waals surface area contributed by atoms with Gasteiger partial charge in [0.05, 0.1) is 39.6 Å². The Bertz CT molecular complexity index is 2160. The monoisotopic (exact) mass is 1630 g/mol. The Kier molecular flexibility index (Phi) is 62.2. The molecular weight excluding hydrogens is 1430 g/mol. The Balaban J connectivity index is 1.48. The summed E-state index contributed by atoms with van der Waals surface area (Å²) in [5, 5.41) is 83.8. The maximum Gasteiger partial charge on any atom is 0.186 e. The maximum absolute atomic E-state index is 11.1. The molecule has 3 aliphatic rings. The molecule has 8 N–H and O–H groups in total. The Morgan fingerprint density at radius 2 is 0.430 bits per heavy atom. The third-order valence-electron chi connectivity index (χ3n) is 27.7. The van der Waals surface area contributed by atoms with Gasteiger partial charge in [-0.3, -0.25) is 0 Å². The van der Waals surface area contributed by atoms with Gasteiger partial charge in [-0.15, -0.1) is 0 Å². The highest BCUT2D eigenvalue weighted by atomic mass is 16.7. The van der Waals surface area contributed by atoms with E-state index in [2.05, 4.69) is 111 Å². The van der Waals surface area contributed by atoms with Crippen molar-refractivity contribution < 1.29 is 78.7 Å². The van der Waals surface area contributed by atoms with Gasteiger partial charge >= 0.3 is 0 Å². The van der Waals surface area contributed by atoms with Crippen LogP contribution in [-0.2, 0) is 37.9 Å². The Morgan fingerprint density at radius 3 is 0.693 bits per heavy atom.